The van der Waals surface area contributed by atoms with E-state index in [0.29, 0.717) is 0 Å². The summed E-state index contributed by atoms with van der Waals surface area (Å²) < 4.78 is 36.8. The van der Waals surface area contributed by atoms with Gasteiger partial charge in [-0.25, -0.2) is 4.98 Å². The van der Waals surface area contributed by atoms with Crippen LogP contribution in [0.1, 0.15) is 18.5 Å². The summed E-state index contributed by atoms with van der Waals surface area (Å²) in [4.78, 5) is 14.9. The van der Waals surface area contributed by atoms with Crippen LogP contribution < -0.4 is 10.6 Å². The van der Waals surface area contributed by atoms with Gasteiger partial charge in [-0.2, -0.15) is 13.2 Å². The van der Waals surface area contributed by atoms with Gasteiger partial charge in [-0.15, -0.1) is 0 Å². The highest BCUT2D eigenvalue weighted by Gasteiger charge is 2.32. The van der Waals surface area contributed by atoms with Crippen molar-refractivity contribution in [3.05, 3.63) is 24.0 Å². The zero-order valence-electron chi connectivity index (χ0n) is 9.42. The van der Waals surface area contributed by atoms with Gasteiger partial charge in [0.25, 0.3) is 0 Å². The fourth-order valence-electron chi connectivity index (χ4n) is 1.77. The first kappa shape index (κ1) is 12.8. The molecule has 18 heavy (non-hydrogen) atoms. The van der Waals surface area contributed by atoms with Gasteiger partial charge in [0.05, 0.1) is 17.9 Å². The number of carbonyl (C=O) groups is 1. The van der Waals surface area contributed by atoms with Crippen LogP contribution in [0.3, 0.4) is 0 Å². The van der Waals surface area contributed by atoms with Crippen molar-refractivity contribution in [2.24, 2.45) is 0 Å². The zero-order chi connectivity index (χ0) is 13.2. The number of alkyl halides is 3. The molecule has 0 spiro atoms. The van der Waals surface area contributed by atoms with Gasteiger partial charge < -0.3 is 10.6 Å². The van der Waals surface area contributed by atoms with E-state index in [1.807, 2.05) is 0 Å². The van der Waals surface area contributed by atoms with Gasteiger partial charge in [-0.3, -0.25) is 4.79 Å². The van der Waals surface area contributed by atoms with Crippen LogP contribution >= 0.6 is 0 Å². The van der Waals surface area contributed by atoms with E-state index in [4.69, 9.17) is 0 Å². The molecular formula is C11H12F3N3O. The monoisotopic (exact) mass is 259 g/mol. The second-order valence-electron chi connectivity index (χ2n) is 4.07. The topological polar surface area (TPSA) is 54.0 Å². The summed E-state index contributed by atoms with van der Waals surface area (Å²) in [6, 6.07) is 1.77. The molecule has 1 fully saturated rings. The summed E-state index contributed by atoms with van der Waals surface area (Å²) in [5.74, 6) is -0.242. The molecule has 1 aliphatic heterocycles. The van der Waals surface area contributed by atoms with Crippen LogP contribution in [0, 0.1) is 0 Å². The Bertz CT molecular complexity index is 424. The van der Waals surface area contributed by atoms with E-state index in [9.17, 15) is 18.0 Å². The minimum atomic E-state index is -4.46. The Labute approximate surface area is 102 Å². The first-order valence-electron chi connectivity index (χ1n) is 5.54. The molecule has 1 aromatic rings. The average Bonchev–Trinajstić information content (AvgIpc) is 2.82. The van der Waals surface area contributed by atoms with Gasteiger partial charge in [0.2, 0.25) is 5.91 Å². The number of aromatic nitrogens is 1. The van der Waals surface area contributed by atoms with Crippen molar-refractivity contribution < 1.29 is 18.0 Å². The Hall–Kier alpha value is -1.63. The second-order valence-corrected chi connectivity index (χ2v) is 4.07. The van der Waals surface area contributed by atoms with Crippen molar-refractivity contribution in [3.8, 4) is 0 Å². The molecule has 0 unspecified atom stereocenters. The fraction of sp³-hybridized carbons (Fsp3) is 0.455. The Balaban J connectivity index is 2.00. The van der Waals surface area contributed by atoms with E-state index in [1.165, 1.54) is 6.07 Å². The molecule has 2 rings (SSSR count). The number of carbonyl (C=O) groups excluding carboxylic acids is 1. The fourth-order valence-corrected chi connectivity index (χ4v) is 1.77. The van der Waals surface area contributed by atoms with Crippen molar-refractivity contribution in [1.82, 2.24) is 10.3 Å². The van der Waals surface area contributed by atoms with E-state index >= 15 is 0 Å². The smallest absolute Gasteiger partial charge is 0.323 e. The number of nitrogens with zero attached hydrogens (tertiary/aromatic N) is 1. The van der Waals surface area contributed by atoms with E-state index in [-0.39, 0.29) is 17.6 Å². The molecule has 1 aromatic heterocycles. The summed E-state index contributed by atoms with van der Waals surface area (Å²) in [6.45, 7) is 0.781. The molecule has 4 nitrogen and oxygen atoms in total. The second kappa shape index (κ2) is 4.93. The molecule has 1 saturated heterocycles. The van der Waals surface area contributed by atoms with Crippen molar-refractivity contribution in [3.63, 3.8) is 0 Å². The van der Waals surface area contributed by atoms with Crippen LogP contribution in [0.2, 0.25) is 0 Å². The number of pyridine rings is 1. The van der Waals surface area contributed by atoms with Gasteiger partial charge >= 0.3 is 6.18 Å². The molecule has 1 aliphatic rings. The molecule has 0 saturated carbocycles. The zero-order valence-corrected chi connectivity index (χ0v) is 9.42. The number of hydrogen-bond donors (Lipinski definition) is 2. The molecule has 1 amide bonds. The highest BCUT2D eigenvalue weighted by atomic mass is 19.4. The minimum absolute atomic E-state index is 0.242. The standard InChI is InChI=1S/C11H12F3N3O/c12-11(13,14)9-4-3-7(6-16-9)17-10(18)8-2-1-5-15-8/h3-4,6,8,15H,1-2,5H2,(H,17,18)/t8-/m1/s1. The van der Waals surface area contributed by atoms with E-state index in [1.54, 1.807) is 0 Å². The Kier molecular flexibility index (Phi) is 3.51. The lowest BCUT2D eigenvalue weighted by molar-refractivity contribution is -0.141. The van der Waals surface area contributed by atoms with E-state index < -0.39 is 11.9 Å². The van der Waals surface area contributed by atoms with Crippen LogP contribution in [0.4, 0.5) is 18.9 Å². The van der Waals surface area contributed by atoms with Crippen LogP contribution in [0.25, 0.3) is 0 Å². The summed E-state index contributed by atoms with van der Waals surface area (Å²) in [5.41, 5.74) is -0.707. The largest absolute Gasteiger partial charge is 0.433 e. The molecule has 7 heteroatoms. The number of hydrogen-bond acceptors (Lipinski definition) is 3. The highest BCUT2D eigenvalue weighted by Crippen LogP contribution is 2.27. The molecule has 0 aliphatic carbocycles. The number of amides is 1. The van der Waals surface area contributed by atoms with Gasteiger partial charge in [0, 0.05) is 0 Å². The highest BCUT2D eigenvalue weighted by molar-refractivity contribution is 5.94. The van der Waals surface area contributed by atoms with Crippen LogP contribution in [-0.4, -0.2) is 23.5 Å². The van der Waals surface area contributed by atoms with Crippen molar-refractivity contribution in [1.29, 1.82) is 0 Å². The first-order valence-corrected chi connectivity index (χ1v) is 5.54. The third-order valence-electron chi connectivity index (χ3n) is 2.70. The third-order valence-corrected chi connectivity index (χ3v) is 2.70. The molecule has 0 aromatic carbocycles. The van der Waals surface area contributed by atoms with Crippen LogP contribution in [0.15, 0.2) is 18.3 Å². The molecular weight excluding hydrogens is 247 g/mol. The van der Waals surface area contributed by atoms with E-state index in [2.05, 4.69) is 15.6 Å². The van der Waals surface area contributed by atoms with Crippen molar-refractivity contribution in [2.45, 2.75) is 25.1 Å². The number of halogens is 3. The van der Waals surface area contributed by atoms with Crippen LogP contribution in [0.5, 0.6) is 0 Å². The van der Waals surface area contributed by atoms with Gasteiger partial charge in [0.1, 0.15) is 5.69 Å². The Morgan fingerprint density at radius 3 is 2.72 bits per heavy atom. The number of rotatable bonds is 2. The summed E-state index contributed by atoms with van der Waals surface area (Å²) >= 11 is 0. The number of nitrogens with one attached hydrogen (secondary N) is 2. The molecule has 1 atom stereocenters. The molecule has 98 valence electrons. The molecule has 2 heterocycles. The Morgan fingerprint density at radius 1 is 1.44 bits per heavy atom. The maximum absolute atomic E-state index is 12.3. The first-order chi connectivity index (χ1) is 8.47. The van der Waals surface area contributed by atoms with Gasteiger partial charge in [0.15, 0.2) is 0 Å². The summed E-state index contributed by atoms with van der Waals surface area (Å²) in [7, 11) is 0. The lowest BCUT2D eigenvalue weighted by atomic mass is 10.2. The maximum Gasteiger partial charge on any atom is 0.433 e. The average molecular weight is 259 g/mol. The Morgan fingerprint density at radius 2 is 2.22 bits per heavy atom. The minimum Gasteiger partial charge on any atom is -0.323 e. The van der Waals surface area contributed by atoms with Gasteiger partial charge in [-0.1, -0.05) is 0 Å². The van der Waals surface area contributed by atoms with Crippen molar-refractivity contribution >= 4 is 11.6 Å². The number of anilines is 1. The summed E-state index contributed by atoms with van der Waals surface area (Å²) in [5, 5.41) is 5.53. The van der Waals surface area contributed by atoms with E-state index in [0.717, 1.165) is 31.6 Å². The SMILES string of the molecule is O=C(Nc1ccc(C(F)(F)F)nc1)[C@H]1CCCN1. The molecule has 2 N–H and O–H groups in total. The lowest BCUT2D eigenvalue weighted by Crippen LogP contribution is -2.35. The lowest BCUT2D eigenvalue weighted by Gasteiger charge is -2.11. The summed E-state index contributed by atoms with van der Waals surface area (Å²) in [6.07, 6.45) is -1.80. The maximum atomic E-state index is 12.3. The normalized spacial score (nSPS) is 19.8. The quantitative estimate of drug-likeness (QED) is 0.851. The predicted octanol–water partition coefficient (Wildman–Crippen LogP) is 1.79. The van der Waals surface area contributed by atoms with Crippen LogP contribution in [-0.2, 0) is 11.0 Å². The molecule has 0 radical (unpaired) electrons. The third kappa shape index (κ3) is 2.98. The van der Waals surface area contributed by atoms with Crippen molar-refractivity contribution in [2.75, 3.05) is 11.9 Å². The van der Waals surface area contributed by atoms with Gasteiger partial charge in [-0.05, 0) is 31.5 Å². The predicted molar refractivity (Wildman–Crippen MR) is 58.9 cm³/mol. The molecule has 0 bridgehead atoms.